The maximum atomic E-state index is 12.3. The van der Waals surface area contributed by atoms with E-state index in [0.717, 1.165) is 4.90 Å². The number of carbonyl (C=O) groups excluding carboxylic acids is 3. The van der Waals surface area contributed by atoms with Gasteiger partial charge >= 0.3 is 11.9 Å². The average Bonchev–Trinajstić information content (AvgIpc) is 3.09. The van der Waals surface area contributed by atoms with Crippen molar-refractivity contribution in [2.45, 2.75) is 44.7 Å². The topological polar surface area (TPSA) is 153 Å². The Morgan fingerprint density at radius 1 is 1.17 bits per heavy atom. The minimum absolute atomic E-state index is 0.000159. The summed E-state index contributed by atoms with van der Waals surface area (Å²) in [5.74, 6) is -3.74. The summed E-state index contributed by atoms with van der Waals surface area (Å²) in [4.78, 5) is 59.3. The fraction of sp³-hybridized carbons (Fsp3) is 0.450. The van der Waals surface area contributed by atoms with Crippen molar-refractivity contribution in [3.63, 3.8) is 0 Å². The van der Waals surface area contributed by atoms with Crippen LogP contribution in [0.3, 0.4) is 0 Å². The van der Waals surface area contributed by atoms with Crippen molar-refractivity contribution < 1.29 is 34.2 Å². The van der Waals surface area contributed by atoms with E-state index >= 15 is 0 Å². The second kappa shape index (κ2) is 10.5. The SMILES string of the molecule is CCNC(=O)c1ccc(CC(NCCC(=O)N2C(=O)CC[C@H]2C(=O)O)C(=O)O)cc1. The molecule has 0 radical (unpaired) electrons. The first kappa shape index (κ1) is 23.0. The second-order valence-electron chi connectivity index (χ2n) is 6.91. The van der Waals surface area contributed by atoms with E-state index < -0.39 is 35.8 Å². The Labute approximate surface area is 173 Å². The molecule has 3 amide bonds. The molecule has 30 heavy (non-hydrogen) atoms. The van der Waals surface area contributed by atoms with E-state index in [1.54, 1.807) is 24.3 Å². The molecule has 1 heterocycles. The number of nitrogens with one attached hydrogen (secondary N) is 2. The lowest BCUT2D eigenvalue weighted by Crippen LogP contribution is -2.45. The average molecular weight is 419 g/mol. The van der Waals surface area contributed by atoms with Crippen molar-refractivity contribution in [2.75, 3.05) is 13.1 Å². The molecule has 0 aliphatic carbocycles. The molecular weight excluding hydrogens is 394 g/mol. The molecule has 1 fully saturated rings. The van der Waals surface area contributed by atoms with Gasteiger partial charge in [0.1, 0.15) is 12.1 Å². The van der Waals surface area contributed by atoms with Crippen molar-refractivity contribution in [1.29, 1.82) is 0 Å². The number of rotatable bonds is 10. The molecule has 0 saturated carbocycles. The first-order valence-corrected chi connectivity index (χ1v) is 9.65. The van der Waals surface area contributed by atoms with E-state index in [1.807, 2.05) is 6.92 Å². The number of benzene rings is 1. The summed E-state index contributed by atoms with van der Waals surface area (Å²) in [6.07, 6.45) is 0.00649. The Kier molecular flexibility index (Phi) is 8.05. The molecule has 4 N–H and O–H groups in total. The maximum Gasteiger partial charge on any atom is 0.326 e. The minimum Gasteiger partial charge on any atom is -0.480 e. The summed E-state index contributed by atoms with van der Waals surface area (Å²) in [5, 5.41) is 24.0. The van der Waals surface area contributed by atoms with Crippen molar-refractivity contribution in [2.24, 2.45) is 0 Å². The van der Waals surface area contributed by atoms with Gasteiger partial charge in [-0.25, -0.2) is 4.79 Å². The van der Waals surface area contributed by atoms with Gasteiger partial charge in [0.15, 0.2) is 0 Å². The smallest absolute Gasteiger partial charge is 0.326 e. The highest BCUT2D eigenvalue weighted by Crippen LogP contribution is 2.20. The van der Waals surface area contributed by atoms with E-state index in [2.05, 4.69) is 10.6 Å². The predicted molar refractivity (Wildman–Crippen MR) is 105 cm³/mol. The Hall–Kier alpha value is -3.27. The Morgan fingerprint density at radius 3 is 2.40 bits per heavy atom. The summed E-state index contributed by atoms with van der Waals surface area (Å²) in [5.41, 5.74) is 1.16. The number of likely N-dealkylation sites (tertiary alicyclic amines) is 1. The largest absolute Gasteiger partial charge is 0.480 e. The van der Waals surface area contributed by atoms with Crippen LogP contribution < -0.4 is 10.6 Å². The molecule has 1 aromatic carbocycles. The van der Waals surface area contributed by atoms with E-state index in [1.165, 1.54) is 0 Å². The first-order valence-electron chi connectivity index (χ1n) is 9.65. The quantitative estimate of drug-likeness (QED) is 0.414. The molecule has 10 nitrogen and oxygen atoms in total. The van der Waals surface area contributed by atoms with Crippen LogP contribution in [0.5, 0.6) is 0 Å². The van der Waals surface area contributed by atoms with Crippen LogP contribution in [-0.4, -0.2) is 69.9 Å². The zero-order valence-electron chi connectivity index (χ0n) is 16.6. The van der Waals surface area contributed by atoms with Crippen molar-refractivity contribution in [1.82, 2.24) is 15.5 Å². The van der Waals surface area contributed by atoms with E-state index in [0.29, 0.717) is 17.7 Å². The summed E-state index contributed by atoms with van der Waals surface area (Å²) in [6, 6.07) is 4.38. The van der Waals surface area contributed by atoms with Crippen LogP contribution in [-0.2, 0) is 25.6 Å². The molecule has 0 aromatic heterocycles. The molecule has 2 rings (SSSR count). The number of amides is 3. The molecule has 1 unspecified atom stereocenters. The summed E-state index contributed by atoms with van der Waals surface area (Å²) in [7, 11) is 0. The normalized spacial score (nSPS) is 16.9. The lowest BCUT2D eigenvalue weighted by atomic mass is 10.0. The van der Waals surface area contributed by atoms with Crippen LogP contribution in [0.25, 0.3) is 0 Å². The Morgan fingerprint density at radius 2 is 1.83 bits per heavy atom. The molecule has 1 aliphatic heterocycles. The summed E-state index contributed by atoms with van der Waals surface area (Å²) in [6.45, 7) is 2.28. The molecule has 0 spiro atoms. The highest BCUT2D eigenvalue weighted by Gasteiger charge is 2.39. The first-order chi connectivity index (χ1) is 14.2. The van der Waals surface area contributed by atoms with Gasteiger partial charge in [-0.1, -0.05) is 12.1 Å². The van der Waals surface area contributed by atoms with Gasteiger partial charge in [-0.05, 0) is 37.5 Å². The van der Waals surface area contributed by atoms with Crippen LogP contribution >= 0.6 is 0 Å². The molecule has 1 aliphatic rings. The van der Waals surface area contributed by atoms with Gasteiger partial charge in [-0.15, -0.1) is 0 Å². The number of aliphatic carboxylic acids is 2. The third kappa shape index (κ3) is 5.86. The van der Waals surface area contributed by atoms with Gasteiger partial charge in [0.05, 0.1) is 0 Å². The highest BCUT2D eigenvalue weighted by atomic mass is 16.4. The molecule has 2 atom stereocenters. The minimum atomic E-state index is -1.23. The van der Waals surface area contributed by atoms with Crippen LogP contribution in [0, 0.1) is 0 Å². The number of hydrogen-bond acceptors (Lipinski definition) is 6. The summed E-state index contributed by atoms with van der Waals surface area (Å²) < 4.78 is 0. The van der Waals surface area contributed by atoms with Gasteiger partial charge < -0.3 is 20.8 Å². The monoisotopic (exact) mass is 419 g/mol. The zero-order valence-corrected chi connectivity index (χ0v) is 16.6. The number of carboxylic acid groups (broad SMARTS) is 2. The standard InChI is InChI=1S/C20H25N3O7/c1-2-21-18(26)13-5-3-12(4-6-13)11-14(19(27)28)22-10-9-17(25)23-15(20(29)30)7-8-16(23)24/h3-6,14-15,22H,2,7-11H2,1H3,(H,21,26)(H,27,28)(H,29,30)/t14?,15-/m0/s1. The van der Waals surface area contributed by atoms with Crippen LogP contribution in [0.2, 0.25) is 0 Å². The fourth-order valence-electron chi connectivity index (χ4n) is 3.24. The van der Waals surface area contributed by atoms with Gasteiger partial charge in [-0.3, -0.25) is 24.1 Å². The van der Waals surface area contributed by atoms with Crippen LogP contribution in [0.4, 0.5) is 0 Å². The second-order valence-corrected chi connectivity index (χ2v) is 6.91. The number of hydrogen-bond donors (Lipinski definition) is 4. The third-order valence-corrected chi connectivity index (χ3v) is 4.79. The highest BCUT2D eigenvalue weighted by molar-refractivity contribution is 6.01. The number of carboxylic acids is 2. The molecule has 10 heteroatoms. The lowest BCUT2D eigenvalue weighted by molar-refractivity contribution is -0.154. The number of carbonyl (C=O) groups is 5. The lowest BCUT2D eigenvalue weighted by Gasteiger charge is -2.20. The van der Waals surface area contributed by atoms with Crippen molar-refractivity contribution >= 4 is 29.7 Å². The van der Waals surface area contributed by atoms with Gasteiger partial charge in [0.2, 0.25) is 11.8 Å². The van der Waals surface area contributed by atoms with E-state index in [4.69, 9.17) is 5.11 Å². The number of nitrogens with zero attached hydrogens (tertiary/aromatic N) is 1. The number of imide groups is 1. The van der Waals surface area contributed by atoms with E-state index in [-0.39, 0.29) is 38.1 Å². The van der Waals surface area contributed by atoms with Gasteiger partial charge in [-0.2, -0.15) is 0 Å². The molecular formula is C20H25N3O7. The predicted octanol–water partition coefficient (Wildman–Crippen LogP) is 0.0139. The molecule has 1 aromatic rings. The van der Waals surface area contributed by atoms with Crippen LogP contribution in [0.1, 0.15) is 42.1 Å². The van der Waals surface area contributed by atoms with Gasteiger partial charge in [0, 0.05) is 31.5 Å². The molecule has 0 bridgehead atoms. The van der Waals surface area contributed by atoms with Crippen molar-refractivity contribution in [3.05, 3.63) is 35.4 Å². The summed E-state index contributed by atoms with van der Waals surface area (Å²) >= 11 is 0. The molecule has 1 saturated heterocycles. The van der Waals surface area contributed by atoms with Crippen molar-refractivity contribution in [3.8, 4) is 0 Å². The Bertz CT molecular complexity index is 822. The van der Waals surface area contributed by atoms with Gasteiger partial charge in [0.25, 0.3) is 5.91 Å². The molecule has 162 valence electrons. The van der Waals surface area contributed by atoms with E-state index in [9.17, 15) is 29.1 Å². The maximum absolute atomic E-state index is 12.3. The fourth-order valence-corrected chi connectivity index (χ4v) is 3.24. The zero-order chi connectivity index (χ0) is 22.3. The third-order valence-electron chi connectivity index (χ3n) is 4.79. The Balaban J connectivity index is 1.91. The van der Waals surface area contributed by atoms with Crippen LogP contribution in [0.15, 0.2) is 24.3 Å².